The van der Waals surface area contributed by atoms with Crippen LogP contribution in [0.4, 0.5) is 22.0 Å². The zero-order valence-corrected chi connectivity index (χ0v) is 25.8. The molecular formula is C34H41N7O4. The summed E-state index contributed by atoms with van der Waals surface area (Å²) in [5, 5.41) is 31.7. The Hall–Kier alpha value is -4.58. The average molecular weight is 612 g/mol. The number of urea groups is 1. The summed E-state index contributed by atoms with van der Waals surface area (Å²) in [5.41, 5.74) is 7.33. The zero-order valence-electron chi connectivity index (χ0n) is 25.8. The maximum absolute atomic E-state index is 12.5. The standard InChI is InChI=1S/C34H41N7O4/c1-22-26(27-8-6-10-29(23(27)2)40-34(45)37-15-14-35-16-18-42)7-5-9-28(22)39-32-31-25(12-13-36-32)19-24(20-38-31)21-41-17-4-3-11-30(41)33(43)44/h5-10,12-13,19-20,30,35,42H,3-4,11,14-18,21H2,1-2H3,(H,36,39)(H,43,44)(H2,37,40,45). The number of nitrogens with zero attached hydrogens (tertiary/aromatic N) is 3. The van der Waals surface area contributed by atoms with Gasteiger partial charge in [-0.15, -0.1) is 0 Å². The van der Waals surface area contributed by atoms with Crippen molar-refractivity contribution in [2.75, 3.05) is 43.4 Å². The number of aromatic nitrogens is 2. The van der Waals surface area contributed by atoms with Crippen molar-refractivity contribution < 1.29 is 19.8 Å². The first-order valence-corrected chi connectivity index (χ1v) is 15.4. The van der Waals surface area contributed by atoms with Crippen molar-refractivity contribution in [3.63, 3.8) is 0 Å². The second-order valence-electron chi connectivity index (χ2n) is 11.3. The van der Waals surface area contributed by atoms with Crippen molar-refractivity contribution in [3.8, 4) is 11.1 Å². The van der Waals surface area contributed by atoms with E-state index >= 15 is 0 Å². The van der Waals surface area contributed by atoms with Gasteiger partial charge in [0.2, 0.25) is 0 Å². The molecule has 11 nitrogen and oxygen atoms in total. The van der Waals surface area contributed by atoms with Gasteiger partial charge in [-0.25, -0.2) is 9.78 Å². The van der Waals surface area contributed by atoms with E-state index in [-0.39, 0.29) is 12.6 Å². The van der Waals surface area contributed by atoms with Crippen LogP contribution in [0.3, 0.4) is 0 Å². The van der Waals surface area contributed by atoms with Gasteiger partial charge in [0.05, 0.1) is 6.61 Å². The summed E-state index contributed by atoms with van der Waals surface area (Å²) in [4.78, 5) is 35.6. The van der Waals surface area contributed by atoms with E-state index in [0.29, 0.717) is 38.4 Å². The monoisotopic (exact) mass is 611 g/mol. The van der Waals surface area contributed by atoms with E-state index in [0.717, 1.165) is 69.5 Å². The third kappa shape index (κ3) is 7.75. The molecule has 6 N–H and O–H groups in total. The van der Waals surface area contributed by atoms with E-state index in [9.17, 15) is 14.7 Å². The highest BCUT2D eigenvalue weighted by atomic mass is 16.4. The fraction of sp³-hybridized carbons (Fsp3) is 0.353. The van der Waals surface area contributed by atoms with Crippen LogP contribution in [-0.4, -0.2) is 75.9 Å². The predicted molar refractivity (Wildman–Crippen MR) is 177 cm³/mol. The molecular weight excluding hydrogens is 570 g/mol. The Morgan fingerprint density at radius 2 is 1.71 bits per heavy atom. The Labute approximate surface area is 263 Å². The average Bonchev–Trinajstić information content (AvgIpc) is 3.03. The molecule has 11 heteroatoms. The zero-order chi connectivity index (χ0) is 31.8. The number of piperidine rings is 1. The van der Waals surface area contributed by atoms with Gasteiger partial charge >= 0.3 is 12.0 Å². The number of aliphatic carboxylic acids is 1. The number of carboxylic acid groups (broad SMARTS) is 1. The summed E-state index contributed by atoms with van der Waals surface area (Å²) in [7, 11) is 0. The minimum Gasteiger partial charge on any atom is -0.480 e. The number of carbonyl (C=O) groups excluding carboxylic acids is 1. The molecule has 0 saturated carbocycles. The van der Waals surface area contributed by atoms with Crippen LogP contribution in [0.5, 0.6) is 0 Å². The van der Waals surface area contributed by atoms with Crippen molar-refractivity contribution in [1.82, 2.24) is 25.5 Å². The number of anilines is 3. The first-order valence-electron chi connectivity index (χ1n) is 15.4. The number of amides is 2. The highest BCUT2D eigenvalue weighted by Gasteiger charge is 2.28. The topological polar surface area (TPSA) is 152 Å². The van der Waals surface area contributed by atoms with E-state index in [1.54, 1.807) is 6.20 Å². The van der Waals surface area contributed by atoms with Gasteiger partial charge in [-0.3, -0.25) is 14.7 Å². The van der Waals surface area contributed by atoms with Crippen molar-refractivity contribution in [2.45, 2.75) is 45.7 Å². The largest absolute Gasteiger partial charge is 0.480 e. The van der Waals surface area contributed by atoms with Gasteiger partial charge in [-0.05, 0) is 85.3 Å². The van der Waals surface area contributed by atoms with E-state index in [4.69, 9.17) is 10.1 Å². The van der Waals surface area contributed by atoms with Gasteiger partial charge in [-0.2, -0.15) is 0 Å². The van der Waals surface area contributed by atoms with Gasteiger partial charge in [0.15, 0.2) is 5.82 Å². The Balaban J connectivity index is 1.33. The molecule has 45 heavy (non-hydrogen) atoms. The number of aliphatic hydroxyl groups excluding tert-OH is 1. The van der Waals surface area contributed by atoms with Crippen molar-refractivity contribution >= 4 is 40.1 Å². The quantitative estimate of drug-likeness (QED) is 0.124. The Bertz CT molecular complexity index is 1660. The van der Waals surface area contributed by atoms with Crippen LogP contribution in [0.1, 0.15) is 36.0 Å². The molecule has 0 bridgehead atoms. The predicted octanol–water partition coefficient (Wildman–Crippen LogP) is 4.80. The Morgan fingerprint density at radius 3 is 2.47 bits per heavy atom. The summed E-state index contributed by atoms with van der Waals surface area (Å²) >= 11 is 0. The molecule has 0 aliphatic carbocycles. The van der Waals surface area contributed by atoms with Crippen LogP contribution in [0.25, 0.3) is 22.0 Å². The van der Waals surface area contributed by atoms with E-state index in [1.807, 2.05) is 54.4 Å². The van der Waals surface area contributed by atoms with Crippen LogP contribution >= 0.6 is 0 Å². The van der Waals surface area contributed by atoms with Crippen LogP contribution in [0.2, 0.25) is 0 Å². The van der Waals surface area contributed by atoms with Gasteiger partial charge in [-0.1, -0.05) is 30.7 Å². The number of hydrogen-bond acceptors (Lipinski definition) is 8. The number of pyridine rings is 2. The molecule has 1 saturated heterocycles. The van der Waals surface area contributed by atoms with E-state index in [1.165, 1.54) is 0 Å². The molecule has 1 fully saturated rings. The lowest BCUT2D eigenvalue weighted by molar-refractivity contribution is -0.144. The van der Waals surface area contributed by atoms with Crippen molar-refractivity contribution in [2.24, 2.45) is 0 Å². The molecule has 0 radical (unpaired) electrons. The van der Waals surface area contributed by atoms with Gasteiger partial charge < -0.3 is 31.5 Å². The minimum atomic E-state index is -0.764. The molecule has 1 aliphatic heterocycles. The minimum absolute atomic E-state index is 0.0569. The summed E-state index contributed by atoms with van der Waals surface area (Å²) < 4.78 is 0. The third-order valence-corrected chi connectivity index (χ3v) is 8.28. The van der Waals surface area contributed by atoms with Crippen LogP contribution < -0.4 is 21.3 Å². The number of carboxylic acids is 1. The molecule has 1 atom stereocenters. The highest BCUT2D eigenvalue weighted by molar-refractivity contribution is 5.93. The van der Waals surface area contributed by atoms with E-state index < -0.39 is 12.0 Å². The normalized spacial score (nSPS) is 15.1. The van der Waals surface area contributed by atoms with E-state index in [2.05, 4.69) is 45.3 Å². The molecule has 2 aromatic carbocycles. The number of nitrogens with one attached hydrogen (secondary N) is 4. The molecule has 0 spiro atoms. The lowest BCUT2D eigenvalue weighted by Crippen LogP contribution is -2.44. The molecule has 1 unspecified atom stereocenters. The Morgan fingerprint density at radius 1 is 0.956 bits per heavy atom. The first kappa shape index (κ1) is 31.8. The van der Waals surface area contributed by atoms with Gasteiger partial charge in [0, 0.05) is 55.3 Å². The number of fused-ring (bicyclic) bond motifs is 1. The fourth-order valence-electron chi connectivity index (χ4n) is 5.87. The van der Waals surface area contributed by atoms with Crippen LogP contribution in [0, 0.1) is 13.8 Å². The number of benzene rings is 2. The number of likely N-dealkylation sites (tertiary alicyclic amines) is 1. The van der Waals surface area contributed by atoms with Gasteiger partial charge in [0.25, 0.3) is 0 Å². The second kappa shape index (κ2) is 14.9. The summed E-state index contributed by atoms with van der Waals surface area (Å²) in [5.74, 6) is -0.127. The molecule has 5 rings (SSSR count). The molecule has 236 valence electrons. The molecule has 1 aliphatic rings. The summed E-state index contributed by atoms with van der Waals surface area (Å²) in [6, 6.07) is 15.2. The first-order chi connectivity index (χ1) is 21.9. The molecule has 2 aromatic heterocycles. The smallest absolute Gasteiger partial charge is 0.320 e. The summed E-state index contributed by atoms with van der Waals surface area (Å²) in [6.07, 6.45) is 6.18. The fourth-order valence-corrected chi connectivity index (χ4v) is 5.87. The number of rotatable bonds is 12. The second-order valence-corrected chi connectivity index (χ2v) is 11.3. The lowest BCUT2D eigenvalue weighted by Gasteiger charge is -2.32. The van der Waals surface area contributed by atoms with Crippen LogP contribution in [0.15, 0.2) is 60.9 Å². The molecule has 3 heterocycles. The highest BCUT2D eigenvalue weighted by Crippen LogP contribution is 2.35. The van der Waals surface area contributed by atoms with Crippen LogP contribution in [-0.2, 0) is 11.3 Å². The lowest BCUT2D eigenvalue weighted by atomic mass is 9.94. The van der Waals surface area contributed by atoms with Crippen molar-refractivity contribution in [1.29, 1.82) is 0 Å². The molecule has 4 aromatic rings. The van der Waals surface area contributed by atoms with Crippen molar-refractivity contribution in [3.05, 3.63) is 77.6 Å². The molecule has 2 amide bonds. The maximum Gasteiger partial charge on any atom is 0.320 e. The maximum atomic E-state index is 12.5. The third-order valence-electron chi connectivity index (χ3n) is 8.28. The van der Waals surface area contributed by atoms with Gasteiger partial charge in [0.1, 0.15) is 11.6 Å². The summed E-state index contributed by atoms with van der Waals surface area (Å²) in [6.45, 7) is 6.91. The number of aliphatic hydroxyl groups is 1. The number of hydrogen-bond donors (Lipinski definition) is 6. The Kier molecular flexibility index (Phi) is 10.6. The number of carbonyl (C=O) groups is 2. The SMILES string of the molecule is Cc1c(NC(=O)NCCNCCO)cccc1-c1cccc(Nc2nccc3cc(CN4CCCCC4C(=O)O)cnc23)c1C.